The Hall–Kier alpha value is -1.14. The van der Waals surface area contributed by atoms with Crippen LogP contribution in [0.5, 0.6) is 0 Å². The molecule has 1 rings (SSSR count). The Morgan fingerprint density at radius 2 is 2.17 bits per heavy atom. The Labute approximate surface area is 112 Å². The Kier molecular flexibility index (Phi) is 5.55. The third kappa shape index (κ3) is 5.01. The Morgan fingerprint density at radius 3 is 2.72 bits per heavy atom. The second-order valence-corrected chi connectivity index (χ2v) is 5.94. The lowest BCUT2D eigenvalue weighted by atomic mass is 9.98. The molecule has 1 aromatic heterocycles. The summed E-state index contributed by atoms with van der Waals surface area (Å²) in [7, 11) is 0. The quantitative estimate of drug-likeness (QED) is 0.712. The van der Waals surface area contributed by atoms with E-state index in [4.69, 9.17) is 5.11 Å². The highest BCUT2D eigenvalue weighted by molar-refractivity contribution is 7.09. The van der Waals surface area contributed by atoms with Crippen molar-refractivity contribution in [3.63, 3.8) is 0 Å². The van der Waals surface area contributed by atoms with E-state index in [1.54, 1.807) is 11.3 Å². The van der Waals surface area contributed by atoms with Gasteiger partial charge in [0.25, 0.3) is 0 Å². The van der Waals surface area contributed by atoms with Gasteiger partial charge in [0.15, 0.2) is 0 Å². The van der Waals surface area contributed by atoms with E-state index in [-0.39, 0.29) is 18.1 Å². The number of hydrogen-bond donors (Lipinski definition) is 3. The molecule has 0 atom stereocenters. The molecule has 0 fully saturated rings. The summed E-state index contributed by atoms with van der Waals surface area (Å²) in [6.45, 7) is 7.34. The van der Waals surface area contributed by atoms with Crippen LogP contribution in [0.1, 0.15) is 37.9 Å². The van der Waals surface area contributed by atoms with Crippen LogP contribution in [0.2, 0.25) is 0 Å². The zero-order valence-corrected chi connectivity index (χ0v) is 11.9. The number of nitrogens with one attached hydrogen (secondary N) is 2. The van der Waals surface area contributed by atoms with Crippen LogP contribution in [0, 0.1) is 0 Å². The first kappa shape index (κ1) is 14.9. The molecule has 1 heterocycles. The number of rotatable bonds is 5. The van der Waals surface area contributed by atoms with Crippen LogP contribution in [0.15, 0.2) is 5.38 Å². The van der Waals surface area contributed by atoms with Crippen LogP contribution < -0.4 is 10.6 Å². The van der Waals surface area contributed by atoms with Crippen molar-refractivity contribution in [2.24, 2.45) is 0 Å². The molecule has 0 saturated heterocycles. The van der Waals surface area contributed by atoms with Gasteiger partial charge in [-0.3, -0.25) is 0 Å². The molecular formula is C12H21N3O2S. The molecule has 0 aliphatic rings. The molecule has 5 nitrogen and oxygen atoms in total. The van der Waals surface area contributed by atoms with Crippen LogP contribution in [-0.4, -0.2) is 29.3 Å². The van der Waals surface area contributed by atoms with E-state index in [1.807, 2.05) is 5.38 Å². The summed E-state index contributed by atoms with van der Waals surface area (Å²) in [4.78, 5) is 15.9. The minimum absolute atomic E-state index is 0.0479. The lowest BCUT2D eigenvalue weighted by Gasteiger charge is -2.13. The third-order valence-corrected chi connectivity index (χ3v) is 3.56. The summed E-state index contributed by atoms with van der Waals surface area (Å²) in [5, 5.41) is 17.0. The molecule has 0 saturated carbocycles. The summed E-state index contributed by atoms with van der Waals surface area (Å²) in [6.07, 6.45) is 0.568. The Morgan fingerprint density at radius 1 is 1.44 bits per heavy atom. The second-order valence-electron chi connectivity index (χ2n) is 5.08. The van der Waals surface area contributed by atoms with Gasteiger partial charge in [-0.05, 0) is 6.42 Å². The summed E-state index contributed by atoms with van der Waals surface area (Å²) in [5.41, 5.74) is 0.925. The van der Waals surface area contributed by atoms with Gasteiger partial charge < -0.3 is 15.7 Å². The third-order valence-electron chi connectivity index (χ3n) is 2.24. The van der Waals surface area contributed by atoms with Crippen molar-refractivity contribution < 1.29 is 9.90 Å². The van der Waals surface area contributed by atoms with Gasteiger partial charge in [0, 0.05) is 23.9 Å². The number of hydrogen-bond acceptors (Lipinski definition) is 4. The minimum Gasteiger partial charge on any atom is -0.396 e. The van der Waals surface area contributed by atoms with E-state index in [1.165, 1.54) is 0 Å². The first-order valence-electron chi connectivity index (χ1n) is 6.01. The first-order valence-corrected chi connectivity index (χ1v) is 6.89. The molecule has 6 heteroatoms. The fraction of sp³-hybridized carbons (Fsp3) is 0.667. The fourth-order valence-corrected chi connectivity index (χ4v) is 2.15. The lowest BCUT2D eigenvalue weighted by molar-refractivity contribution is 0.237. The van der Waals surface area contributed by atoms with Gasteiger partial charge in [0.2, 0.25) is 0 Å². The van der Waals surface area contributed by atoms with E-state index in [9.17, 15) is 4.79 Å². The van der Waals surface area contributed by atoms with Crippen LogP contribution in [0.4, 0.5) is 4.79 Å². The van der Waals surface area contributed by atoms with Gasteiger partial charge in [0.1, 0.15) is 0 Å². The van der Waals surface area contributed by atoms with E-state index < -0.39 is 0 Å². The molecule has 0 spiro atoms. The highest BCUT2D eigenvalue weighted by Crippen LogP contribution is 2.25. The van der Waals surface area contributed by atoms with Crippen molar-refractivity contribution in [1.82, 2.24) is 15.6 Å². The van der Waals surface area contributed by atoms with Gasteiger partial charge in [-0.1, -0.05) is 20.8 Å². The van der Waals surface area contributed by atoms with Crippen LogP contribution in [-0.2, 0) is 12.0 Å². The number of carbonyl (C=O) groups is 1. The lowest BCUT2D eigenvalue weighted by Crippen LogP contribution is -2.35. The van der Waals surface area contributed by atoms with Crippen molar-refractivity contribution in [2.75, 3.05) is 13.2 Å². The zero-order valence-electron chi connectivity index (χ0n) is 11.1. The van der Waals surface area contributed by atoms with E-state index in [0.29, 0.717) is 19.5 Å². The number of amides is 2. The maximum atomic E-state index is 11.4. The molecule has 18 heavy (non-hydrogen) atoms. The number of thiazole rings is 1. The van der Waals surface area contributed by atoms with E-state index in [2.05, 4.69) is 36.4 Å². The number of aromatic nitrogens is 1. The van der Waals surface area contributed by atoms with E-state index >= 15 is 0 Å². The molecule has 2 amide bonds. The summed E-state index contributed by atoms with van der Waals surface area (Å²) < 4.78 is 0. The average Bonchev–Trinajstić information content (AvgIpc) is 2.75. The van der Waals surface area contributed by atoms with Gasteiger partial charge in [0.05, 0.1) is 17.2 Å². The monoisotopic (exact) mass is 271 g/mol. The Balaban J connectivity index is 2.35. The van der Waals surface area contributed by atoms with Gasteiger partial charge in [-0.2, -0.15) is 0 Å². The van der Waals surface area contributed by atoms with Crippen molar-refractivity contribution in [3.8, 4) is 0 Å². The summed E-state index contributed by atoms with van der Waals surface area (Å²) in [6, 6.07) is -0.228. The van der Waals surface area contributed by atoms with E-state index in [0.717, 1.165) is 10.7 Å². The van der Waals surface area contributed by atoms with Crippen molar-refractivity contribution in [3.05, 3.63) is 16.1 Å². The summed E-state index contributed by atoms with van der Waals surface area (Å²) >= 11 is 1.61. The molecule has 3 N–H and O–H groups in total. The van der Waals surface area contributed by atoms with Crippen LogP contribution in [0.25, 0.3) is 0 Å². The zero-order chi connectivity index (χ0) is 13.6. The molecule has 0 aromatic carbocycles. The van der Waals surface area contributed by atoms with Gasteiger partial charge in [-0.25, -0.2) is 9.78 Å². The van der Waals surface area contributed by atoms with Crippen LogP contribution in [0.3, 0.4) is 0 Å². The number of nitrogens with zero attached hydrogens (tertiary/aromatic N) is 1. The molecule has 0 aliphatic carbocycles. The van der Waals surface area contributed by atoms with Gasteiger partial charge in [-0.15, -0.1) is 11.3 Å². The summed E-state index contributed by atoms with van der Waals surface area (Å²) in [5.74, 6) is 0. The predicted octanol–water partition coefficient (Wildman–Crippen LogP) is 1.62. The standard InChI is InChI=1S/C12H21N3O2S/c1-12(2,3)10-15-9(8-18-10)7-14-11(17)13-5-4-6-16/h8,16H,4-7H2,1-3H3,(H2,13,14,17). The number of urea groups is 1. The molecule has 102 valence electrons. The molecule has 1 aromatic rings. The number of aliphatic hydroxyl groups is 1. The highest BCUT2D eigenvalue weighted by atomic mass is 32.1. The Bertz CT molecular complexity index is 385. The van der Waals surface area contributed by atoms with Crippen molar-refractivity contribution in [1.29, 1.82) is 0 Å². The number of aliphatic hydroxyl groups excluding tert-OH is 1. The molecule has 0 unspecified atom stereocenters. The maximum absolute atomic E-state index is 11.4. The normalized spacial score (nSPS) is 11.3. The molecule has 0 aliphatic heterocycles. The van der Waals surface area contributed by atoms with Crippen molar-refractivity contribution in [2.45, 2.75) is 39.2 Å². The first-order chi connectivity index (χ1) is 8.43. The highest BCUT2D eigenvalue weighted by Gasteiger charge is 2.17. The maximum Gasteiger partial charge on any atom is 0.315 e. The average molecular weight is 271 g/mol. The molecule has 0 radical (unpaired) electrons. The van der Waals surface area contributed by atoms with Crippen molar-refractivity contribution >= 4 is 17.4 Å². The molecule has 0 bridgehead atoms. The number of carbonyl (C=O) groups excluding carboxylic acids is 1. The topological polar surface area (TPSA) is 74.2 Å². The second kappa shape index (κ2) is 6.70. The van der Waals surface area contributed by atoms with Gasteiger partial charge >= 0.3 is 6.03 Å². The molecular weight excluding hydrogens is 250 g/mol. The smallest absolute Gasteiger partial charge is 0.315 e. The predicted molar refractivity (Wildman–Crippen MR) is 72.8 cm³/mol. The largest absolute Gasteiger partial charge is 0.396 e. The minimum atomic E-state index is -0.228. The van der Waals surface area contributed by atoms with Crippen LogP contribution >= 0.6 is 11.3 Å². The SMILES string of the molecule is CC(C)(C)c1nc(CNC(=O)NCCCO)cs1. The fourth-order valence-electron chi connectivity index (χ4n) is 1.25.